The zero-order valence-corrected chi connectivity index (χ0v) is 11.6. The molecule has 0 unspecified atom stereocenters. The van der Waals surface area contributed by atoms with E-state index >= 15 is 0 Å². The summed E-state index contributed by atoms with van der Waals surface area (Å²) < 4.78 is 4.76. The summed E-state index contributed by atoms with van der Waals surface area (Å²) in [6.07, 6.45) is 1.10. The third kappa shape index (κ3) is 2.98. The van der Waals surface area contributed by atoms with Crippen LogP contribution in [0.4, 0.5) is 11.4 Å². The summed E-state index contributed by atoms with van der Waals surface area (Å²) in [7, 11) is 3.49. The molecule has 2 N–H and O–H groups in total. The molecular weight excluding hydrogens is 242 g/mol. The van der Waals surface area contributed by atoms with Crippen molar-refractivity contribution in [1.82, 2.24) is 4.90 Å². The molecule has 5 nitrogen and oxygen atoms in total. The molecule has 0 bridgehead atoms. The molecule has 0 saturated carbocycles. The lowest BCUT2D eigenvalue weighted by molar-refractivity contribution is 0.0602. The molecule has 0 spiro atoms. The van der Waals surface area contributed by atoms with Crippen LogP contribution in [0, 0.1) is 0 Å². The van der Waals surface area contributed by atoms with Crippen molar-refractivity contribution in [3.8, 4) is 0 Å². The molecule has 0 aromatic heterocycles. The van der Waals surface area contributed by atoms with Gasteiger partial charge in [-0.1, -0.05) is 6.07 Å². The van der Waals surface area contributed by atoms with Crippen molar-refractivity contribution >= 4 is 17.3 Å². The molecule has 1 fully saturated rings. The summed E-state index contributed by atoms with van der Waals surface area (Å²) in [5, 5.41) is 0. The number of nitrogens with two attached hydrogens (primary N) is 1. The number of hydrogen-bond acceptors (Lipinski definition) is 5. The van der Waals surface area contributed by atoms with Crippen LogP contribution in [0.2, 0.25) is 0 Å². The van der Waals surface area contributed by atoms with E-state index in [1.807, 2.05) is 12.1 Å². The van der Waals surface area contributed by atoms with Crippen LogP contribution in [0.1, 0.15) is 16.8 Å². The number of benzene rings is 1. The fourth-order valence-corrected chi connectivity index (χ4v) is 2.40. The molecule has 0 atom stereocenters. The van der Waals surface area contributed by atoms with Crippen LogP contribution in [0.15, 0.2) is 18.2 Å². The maximum Gasteiger partial charge on any atom is 0.340 e. The lowest BCUT2D eigenvalue weighted by atomic mass is 10.1. The van der Waals surface area contributed by atoms with Crippen LogP contribution in [-0.2, 0) is 4.74 Å². The van der Waals surface area contributed by atoms with Crippen molar-refractivity contribution in [2.24, 2.45) is 0 Å². The molecule has 2 rings (SSSR count). The number of rotatable bonds is 2. The van der Waals surface area contributed by atoms with E-state index in [1.165, 1.54) is 7.11 Å². The first-order valence-corrected chi connectivity index (χ1v) is 6.53. The van der Waals surface area contributed by atoms with Crippen LogP contribution < -0.4 is 10.6 Å². The standard InChI is InChI=1S/C14H21N3O2/c1-16-7-4-8-17(10-9-16)12-6-3-5-11(13(12)15)14(18)19-2/h3,5-6H,4,7-10,15H2,1-2H3. The first-order valence-electron chi connectivity index (χ1n) is 6.53. The maximum absolute atomic E-state index is 11.7. The first-order chi connectivity index (χ1) is 9.13. The molecule has 1 aromatic carbocycles. The number of hydrogen-bond donors (Lipinski definition) is 1. The van der Waals surface area contributed by atoms with Crippen LogP contribution in [0.25, 0.3) is 0 Å². The topological polar surface area (TPSA) is 58.8 Å². The van der Waals surface area contributed by atoms with Crippen molar-refractivity contribution in [2.45, 2.75) is 6.42 Å². The van der Waals surface area contributed by atoms with E-state index in [0.717, 1.165) is 38.3 Å². The van der Waals surface area contributed by atoms with Gasteiger partial charge in [0.15, 0.2) is 0 Å². The van der Waals surface area contributed by atoms with Gasteiger partial charge in [-0.15, -0.1) is 0 Å². The van der Waals surface area contributed by atoms with E-state index < -0.39 is 0 Å². The Balaban J connectivity index is 2.27. The lowest BCUT2D eigenvalue weighted by Gasteiger charge is -2.25. The average Bonchev–Trinajstić information content (AvgIpc) is 2.63. The number of carbonyl (C=O) groups excluding carboxylic acids is 1. The summed E-state index contributed by atoms with van der Waals surface area (Å²) in [5.74, 6) is -0.383. The van der Waals surface area contributed by atoms with E-state index in [0.29, 0.717) is 11.3 Å². The largest absolute Gasteiger partial charge is 0.465 e. The van der Waals surface area contributed by atoms with E-state index in [1.54, 1.807) is 6.07 Å². The maximum atomic E-state index is 11.7. The number of anilines is 2. The summed E-state index contributed by atoms with van der Waals surface area (Å²) in [5.41, 5.74) is 8.00. The highest BCUT2D eigenvalue weighted by atomic mass is 16.5. The van der Waals surface area contributed by atoms with Gasteiger partial charge in [0.1, 0.15) is 0 Å². The van der Waals surface area contributed by atoms with Gasteiger partial charge in [-0.2, -0.15) is 0 Å². The Morgan fingerprint density at radius 2 is 2.05 bits per heavy atom. The molecule has 104 valence electrons. The quantitative estimate of drug-likeness (QED) is 0.642. The minimum atomic E-state index is -0.383. The Kier molecular flexibility index (Phi) is 4.27. The molecule has 1 saturated heterocycles. The summed E-state index contributed by atoms with van der Waals surface area (Å²) in [6, 6.07) is 5.52. The van der Waals surface area contributed by atoms with Crippen molar-refractivity contribution in [2.75, 3.05) is 51.0 Å². The SMILES string of the molecule is COC(=O)c1cccc(N2CCCN(C)CC2)c1N. The molecule has 1 aliphatic heterocycles. The second-order valence-corrected chi connectivity index (χ2v) is 4.87. The number of nitrogens with zero attached hydrogens (tertiary/aromatic N) is 2. The van der Waals surface area contributed by atoms with E-state index in [9.17, 15) is 4.79 Å². The first kappa shape index (κ1) is 13.7. The van der Waals surface area contributed by atoms with Crippen LogP contribution in [0.5, 0.6) is 0 Å². The summed E-state index contributed by atoms with van der Waals surface area (Å²) in [6.45, 7) is 3.97. The normalized spacial score (nSPS) is 17.1. The predicted molar refractivity (Wildman–Crippen MR) is 76.5 cm³/mol. The molecule has 5 heteroatoms. The van der Waals surface area contributed by atoms with Crippen molar-refractivity contribution in [1.29, 1.82) is 0 Å². The number of ether oxygens (including phenoxy) is 1. The van der Waals surface area contributed by atoms with Gasteiger partial charge in [-0.05, 0) is 32.1 Å². The second kappa shape index (κ2) is 5.93. The van der Waals surface area contributed by atoms with Gasteiger partial charge in [-0.25, -0.2) is 4.79 Å². The number of methoxy groups -OCH3 is 1. The summed E-state index contributed by atoms with van der Waals surface area (Å²) >= 11 is 0. The molecule has 19 heavy (non-hydrogen) atoms. The Morgan fingerprint density at radius 1 is 1.26 bits per heavy atom. The van der Waals surface area contributed by atoms with Gasteiger partial charge < -0.3 is 20.3 Å². The fraction of sp³-hybridized carbons (Fsp3) is 0.500. The summed E-state index contributed by atoms with van der Waals surface area (Å²) in [4.78, 5) is 16.2. The van der Waals surface area contributed by atoms with Gasteiger partial charge in [0.25, 0.3) is 0 Å². The number of nitrogen functional groups attached to an aromatic ring is 1. The highest BCUT2D eigenvalue weighted by Gasteiger charge is 2.18. The highest BCUT2D eigenvalue weighted by Crippen LogP contribution is 2.28. The Labute approximate surface area is 113 Å². The van der Waals surface area contributed by atoms with Gasteiger partial charge in [0.05, 0.1) is 24.0 Å². The zero-order valence-electron chi connectivity index (χ0n) is 11.6. The third-order valence-corrected chi connectivity index (χ3v) is 3.55. The third-order valence-electron chi connectivity index (χ3n) is 3.55. The predicted octanol–water partition coefficient (Wildman–Crippen LogP) is 1.20. The second-order valence-electron chi connectivity index (χ2n) is 4.87. The Morgan fingerprint density at radius 3 is 2.79 bits per heavy atom. The van der Waals surface area contributed by atoms with Crippen molar-refractivity contribution < 1.29 is 9.53 Å². The molecule has 0 aliphatic carbocycles. The molecular formula is C14H21N3O2. The Hall–Kier alpha value is -1.75. The van der Waals surface area contributed by atoms with Gasteiger partial charge in [0.2, 0.25) is 0 Å². The van der Waals surface area contributed by atoms with E-state index in [-0.39, 0.29) is 5.97 Å². The number of esters is 1. The van der Waals surface area contributed by atoms with Gasteiger partial charge in [-0.3, -0.25) is 0 Å². The van der Waals surface area contributed by atoms with Gasteiger partial charge >= 0.3 is 5.97 Å². The van der Waals surface area contributed by atoms with Crippen molar-refractivity contribution in [3.63, 3.8) is 0 Å². The minimum Gasteiger partial charge on any atom is -0.465 e. The zero-order chi connectivity index (χ0) is 13.8. The average molecular weight is 263 g/mol. The molecule has 0 radical (unpaired) electrons. The smallest absolute Gasteiger partial charge is 0.340 e. The van der Waals surface area contributed by atoms with E-state index in [2.05, 4.69) is 16.8 Å². The van der Waals surface area contributed by atoms with Gasteiger partial charge in [0, 0.05) is 19.6 Å². The van der Waals surface area contributed by atoms with Crippen LogP contribution >= 0.6 is 0 Å². The van der Waals surface area contributed by atoms with Crippen LogP contribution in [-0.4, -0.2) is 51.2 Å². The lowest BCUT2D eigenvalue weighted by Crippen LogP contribution is -2.29. The van der Waals surface area contributed by atoms with Crippen LogP contribution in [0.3, 0.4) is 0 Å². The van der Waals surface area contributed by atoms with Crippen molar-refractivity contribution in [3.05, 3.63) is 23.8 Å². The minimum absolute atomic E-state index is 0.383. The number of carbonyl (C=O) groups is 1. The monoisotopic (exact) mass is 263 g/mol. The number of likely N-dealkylation sites (N-methyl/N-ethyl adjacent to an activating group) is 1. The molecule has 0 amide bonds. The number of para-hydroxylation sites is 1. The Bertz CT molecular complexity index is 462. The molecule has 1 aromatic rings. The molecule has 1 aliphatic rings. The fourth-order valence-electron chi connectivity index (χ4n) is 2.40. The molecule has 1 heterocycles. The highest BCUT2D eigenvalue weighted by molar-refractivity contribution is 5.98. The van der Waals surface area contributed by atoms with E-state index in [4.69, 9.17) is 10.5 Å².